The number of rotatable bonds is 2. The second kappa shape index (κ2) is 4.53. The van der Waals surface area contributed by atoms with E-state index in [-0.39, 0.29) is 0 Å². The van der Waals surface area contributed by atoms with Crippen LogP contribution >= 0.6 is 0 Å². The lowest BCUT2D eigenvalue weighted by Crippen LogP contribution is -2.37. The van der Waals surface area contributed by atoms with E-state index in [1.165, 1.54) is 12.4 Å². The Labute approximate surface area is 88.1 Å². The summed E-state index contributed by atoms with van der Waals surface area (Å²) in [6, 6.07) is 1.37. The first-order valence-corrected chi connectivity index (χ1v) is 5.05. The number of hydrogen-bond acceptors (Lipinski definition) is 4. The maximum atomic E-state index is 12.9. The van der Waals surface area contributed by atoms with Gasteiger partial charge in [0.15, 0.2) is 0 Å². The first-order valence-electron chi connectivity index (χ1n) is 5.05. The van der Waals surface area contributed by atoms with E-state index >= 15 is 0 Å². The summed E-state index contributed by atoms with van der Waals surface area (Å²) >= 11 is 0. The lowest BCUT2D eigenvalue weighted by molar-refractivity contribution is 0.0818. The average molecular weight is 211 g/mol. The van der Waals surface area contributed by atoms with Crippen LogP contribution in [0.15, 0.2) is 12.4 Å². The minimum Gasteiger partial charge on any atom is -0.381 e. The van der Waals surface area contributed by atoms with E-state index < -0.39 is 5.95 Å². The van der Waals surface area contributed by atoms with E-state index in [0.29, 0.717) is 11.9 Å². The van der Waals surface area contributed by atoms with E-state index in [1.54, 1.807) is 7.11 Å². The number of hydrogen-bond donors (Lipinski definition) is 0. The van der Waals surface area contributed by atoms with Crippen LogP contribution in [0.25, 0.3) is 0 Å². The lowest BCUT2D eigenvalue weighted by Gasteiger charge is -2.31. The molecule has 0 amide bonds. The number of aromatic nitrogens is 2. The Hall–Kier alpha value is -1.23. The molecule has 15 heavy (non-hydrogen) atoms. The molecule has 0 bridgehead atoms. The SMILES string of the molecule is COC1CCN(c2cc(F)ncn2)CC1. The number of methoxy groups -OCH3 is 1. The number of anilines is 1. The van der Waals surface area contributed by atoms with Gasteiger partial charge < -0.3 is 9.64 Å². The van der Waals surface area contributed by atoms with E-state index in [9.17, 15) is 4.39 Å². The predicted octanol–water partition coefficient (Wildman–Crippen LogP) is 1.23. The summed E-state index contributed by atoms with van der Waals surface area (Å²) in [6.07, 6.45) is 3.50. The van der Waals surface area contributed by atoms with Crippen molar-refractivity contribution in [1.29, 1.82) is 0 Å². The van der Waals surface area contributed by atoms with E-state index in [4.69, 9.17) is 4.74 Å². The fourth-order valence-electron chi connectivity index (χ4n) is 1.82. The summed E-state index contributed by atoms with van der Waals surface area (Å²) < 4.78 is 18.1. The van der Waals surface area contributed by atoms with Crippen molar-refractivity contribution in [2.45, 2.75) is 18.9 Å². The van der Waals surface area contributed by atoms with E-state index in [2.05, 4.69) is 14.9 Å². The zero-order valence-electron chi connectivity index (χ0n) is 8.69. The van der Waals surface area contributed by atoms with Crippen molar-refractivity contribution in [1.82, 2.24) is 9.97 Å². The highest BCUT2D eigenvalue weighted by Crippen LogP contribution is 2.18. The van der Waals surface area contributed by atoms with Gasteiger partial charge in [-0.1, -0.05) is 0 Å². The van der Waals surface area contributed by atoms with Crippen LogP contribution in [0, 0.1) is 5.95 Å². The third kappa shape index (κ3) is 2.41. The maximum Gasteiger partial charge on any atom is 0.218 e. The quantitative estimate of drug-likeness (QED) is 0.690. The first-order chi connectivity index (χ1) is 7.29. The molecule has 0 radical (unpaired) electrons. The second-order valence-corrected chi connectivity index (χ2v) is 3.62. The average Bonchev–Trinajstić information content (AvgIpc) is 2.29. The highest BCUT2D eigenvalue weighted by molar-refractivity contribution is 5.37. The molecule has 0 aromatic carbocycles. The van der Waals surface area contributed by atoms with Crippen LogP contribution in [0.4, 0.5) is 10.2 Å². The van der Waals surface area contributed by atoms with Crippen molar-refractivity contribution in [3.8, 4) is 0 Å². The van der Waals surface area contributed by atoms with Gasteiger partial charge in [0.05, 0.1) is 6.10 Å². The highest BCUT2D eigenvalue weighted by Gasteiger charge is 2.19. The summed E-state index contributed by atoms with van der Waals surface area (Å²) in [7, 11) is 1.73. The smallest absolute Gasteiger partial charge is 0.218 e. The van der Waals surface area contributed by atoms with Gasteiger partial charge in [0.25, 0.3) is 0 Å². The van der Waals surface area contributed by atoms with Gasteiger partial charge >= 0.3 is 0 Å². The zero-order valence-corrected chi connectivity index (χ0v) is 8.69. The molecule has 2 rings (SSSR count). The summed E-state index contributed by atoms with van der Waals surface area (Å²) in [5.74, 6) is 0.186. The van der Waals surface area contributed by atoms with Gasteiger partial charge in [-0.25, -0.2) is 9.97 Å². The molecule has 0 unspecified atom stereocenters. The fourth-order valence-corrected chi connectivity index (χ4v) is 1.82. The zero-order chi connectivity index (χ0) is 10.7. The molecule has 1 saturated heterocycles. The fraction of sp³-hybridized carbons (Fsp3) is 0.600. The number of piperidine rings is 1. The Morgan fingerprint density at radius 1 is 1.40 bits per heavy atom. The molecule has 0 spiro atoms. The highest BCUT2D eigenvalue weighted by atomic mass is 19.1. The molecule has 82 valence electrons. The molecular formula is C10H14FN3O. The van der Waals surface area contributed by atoms with Gasteiger partial charge in [-0.3, -0.25) is 0 Å². The van der Waals surface area contributed by atoms with Gasteiger partial charge in [-0.15, -0.1) is 0 Å². The van der Waals surface area contributed by atoms with Crippen molar-refractivity contribution >= 4 is 5.82 Å². The Balaban J connectivity index is 2.01. The number of nitrogens with zero attached hydrogens (tertiary/aromatic N) is 3. The van der Waals surface area contributed by atoms with Crippen LogP contribution in [0.1, 0.15) is 12.8 Å². The monoisotopic (exact) mass is 211 g/mol. The first kappa shape index (κ1) is 10.3. The predicted molar refractivity (Wildman–Crippen MR) is 54.2 cm³/mol. The van der Waals surface area contributed by atoms with Crippen molar-refractivity contribution in [3.05, 3.63) is 18.3 Å². The molecule has 1 aliphatic rings. The van der Waals surface area contributed by atoms with Crippen LogP contribution in [0.2, 0.25) is 0 Å². The summed E-state index contributed by atoms with van der Waals surface area (Å²) in [6.45, 7) is 1.71. The topological polar surface area (TPSA) is 38.2 Å². The van der Waals surface area contributed by atoms with E-state index in [1.807, 2.05) is 0 Å². The van der Waals surface area contributed by atoms with Crippen molar-refractivity contribution in [2.75, 3.05) is 25.1 Å². The van der Waals surface area contributed by atoms with Gasteiger partial charge in [0, 0.05) is 26.3 Å². The summed E-state index contributed by atoms with van der Waals surface area (Å²) in [4.78, 5) is 9.54. The van der Waals surface area contributed by atoms with Crippen LogP contribution < -0.4 is 4.90 Å². The molecule has 0 aliphatic carbocycles. The van der Waals surface area contributed by atoms with Crippen molar-refractivity contribution in [2.24, 2.45) is 0 Å². The molecule has 5 heteroatoms. The molecular weight excluding hydrogens is 197 g/mol. The number of halogens is 1. The minimum absolute atomic E-state index is 0.327. The third-order valence-corrected chi connectivity index (χ3v) is 2.72. The second-order valence-electron chi connectivity index (χ2n) is 3.62. The van der Waals surface area contributed by atoms with Crippen molar-refractivity contribution in [3.63, 3.8) is 0 Å². The van der Waals surface area contributed by atoms with Crippen LogP contribution in [-0.4, -0.2) is 36.3 Å². The van der Waals surface area contributed by atoms with Crippen LogP contribution in [-0.2, 0) is 4.74 Å². The molecule has 4 nitrogen and oxygen atoms in total. The van der Waals surface area contributed by atoms with Crippen LogP contribution in [0.3, 0.4) is 0 Å². The Morgan fingerprint density at radius 2 is 2.13 bits per heavy atom. The largest absolute Gasteiger partial charge is 0.381 e. The summed E-state index contributed by atoms with van der Waals surface area (Å²) in [5.41, 5.74) is 0. The van der Waals surface area contributed by atoms with Crippen LogP contribution in [0.5, 0.6) is 0 Å². The molecule has 1 aromatic rings. The minimum atomic E-state index is -0.478. The third-order valence-electron chi connectivity index (χ3n) is 2.72. The van der Waals surface area contributed by atoms with Gasteiger partial charge in [-0.05, 0) is 12.8 Å². The van der Waals surface area contributed by atoms with Gasteiger partial charge in [0.2, 0.25) is 5.95 Å². The Bertz CT molecular complexity index is 326. The molecule has 1 fully saturated rings. The molecule has 0 atom stereocenters. The van der Waals surface area contributed by atoms with Crippen molar-refractivity contribution < 1.29 is 9.13 Å². The molecule has 2 heterocycles. The number of ether oxygens (including phenoxy) is 1. The molecule has 1 aliphatic heterocycles. The summed E-state index contributed by atoms with van der Waals surface area (Å²) in [5, 5.41) is 0. The van der Waals surface area contributed by atoms with Gasteiger partial charge in [0.1, 0.15) is 12.1 Å². The Kier molecular flexibility index (Phi) is 3.11. The molecule has 0 saturated carbocycles. The lowest BCUT2D eigenvalue weighted by atomic mass is 10.1. The maximum absolute atomic E-state index is 12.9. The van der Waals surface area contributed by atoms with Gasteiger partial charge in [-0.2, -0.15) is 4.39 Å². The normalized spacial score (nSPS) is 18.1. The Morgan fingerprint density at radius 3 is 2.73 bits per heavy atom. The molecule has 1 aromatic heterocycles. The van der Waals surface area contributed by atoms with E-state index in [0.717, 1.165) is 25.9 Å². The molecule has 0 N–H and O–H groups in total. The standard InChI is InChI=1S/C10H14FN3O/c1-15-8-2-4-14(5-3-8)10-6-9(11)12-7-13-10/h6-8H,2-5H2,1H3.